The quantitative estimate of drug-likeness (QED) is 0.437. The molecule has 0 aliphatic carbocycles. The second kappa shape index (κ2) is 12.8. The molecule has 35 heavy (non-hydrogen) atoms. The van der Waals surface area contributed by atoms with Gasteiger partial charge in [-0.3, -0.25) is 19.6 Å². The van der Waals surface area contributed by atoms with Crippen molar-refractivity contribution in [3.8, 4) is 0 Å². The van der Waals surface area contributed by atoms with Crippen molar-refractivity contribution < 1.29 is 9.59 Å². The molecule has 6 heteroatoms. The number of aryl methyl sites for hydroxylation is 1. The molecule has 2 amide bonds. The largest absolute Gasteiger partial charge is 0.355 e. The molecule has 1 N–H and O–H groups in total. The lowest BCUT2D eigenvalue weighted by Crippen LogP contribution is -2.47. The molecule has 0 spiro atoms. The summed E-state index contributed by atoms with van der Waals surface area (Å²) in [6.07, 6.45) is 6.12. The lowest BCUT2D eigenvalue weighted by molar-refractivity contribution is -0.137. The number of hydrogen-bond acceptors (Lipinski definition) is 4. The number of nitrogens with zero attached hydrogens (tertiary/aromatic N) is 3. The molecule has 2 atom stereocenters. The second-order valence-corrected chi connectivity index (χ2v) is 9.34. The number of carbonyl (C=O) groups is 2. The highest BCUT2D eigenvalue weighted by Gasteiger charge is 2.36. The van der Waals surface area contributed by atoms with Gasteiger partial charge in [0.05, 0.1) is 5.92 Å². The lowest BCUT2D eigenvalue weighted by Gasteiger charge is -2.37. The van der Waals surface area contributed by atoms with Gasteiger partial charge in [0.2, 0.25) is 11.8 Å². The van der Waals surface area contributed by atoms with Crippen molar-refractivity contribution in [3.05, 3.63) is 96.1 Å². The Bertz CT molecular complexity index is 1050. The van der Waals surface area contributed by atoms with E-state index >= 15 is 0 Å². The molecule has 0 saturated heterocycles. The summed E-state index contributed by atoms with van der Waals surface area (Å²) in [6.45, 7) is 8.49. The van der Waals surface area contributed by atoms with Crippen molar-refractivity contribution in [2.24, 2.45) is 0 Å². The van der Waals surface area contributed by atoms with Gasteiger partial charge in [0.15, 0.2) is 0 Å². The SMILES string of the molecule is CC(C)N(C(=O)C(c1cccnc1)[C@H](CNC(=O)CCc1ccccn1)c1ccccc1)C(C)C. The fourth-order valence-electron chi connectivity index (χ4n) is 4.60. The zero-order valence-corrected chi connectivity index (χ0v) is 21.1. The van der Waals surface area contributed by atoms with E-state index in [-0.39, 0.29) is 29.8 Å². The van der Waals surface area contributed by atoms with Crippen molar-refractivity contribution in [3.63, 3.8) is 0 Å². The highest BCUT2D eigenvalue weighted by atomic mass is 16.2. The molecule has 0 bridgehead atoms. The van der Waals surface area contributed by atoms with Gasteiger partial charge in [-0.15, -0.1) is 0 Å². The van der Waals surface area contributed by atoms with E-state index in [1.807, 2.05) is 93.3 Å². The van der Waals surface area contributed by atoms with E-state index in [1.165, 1.54) is 0 Å². The van der Waals surface area contributed by atoms with Crippen molar-refractivity contribution in [2.75, 3.05) is 6.54 Å². The van der Waals surface area contributed by atoms with Crippen LogP contribution in [0.2, 0.25) is 0 Å². The topological polar surface area (TPSA) is 75.2 Å². The highest BCUT2D eigenvalue weighted by Crippen LogP contribution is 2.35. The minimum Gasteiger partial charge on any atom is -0.355 e. The Hall–Kier alpha value is -3.54. The number of benzene rings is 1. The standard InChI is InChI=1S/C29H36N4O2/c1-21(2)33(22(3)4)29(35)28(24-13-10-17-30-19-24)26(23-11-6-5-7-12-23)20-32-27(34)16-15-25-14-8-9-18-31-25/h5-14,17-19,21-22,26,28H,15-16,20H2,1-4H3,(H,32,34)/t26-,28?/m1/s1. The van der Waals surface area contributed by atoms with Crippen LogP contribution >= 0.6 is 0 Å². The molecule has 0 radical (unpaired) electrons. The molecule has 0 aliphatic heterocycles. The maximum atomic E-state index is 14.1. The first-order chi connectivity index (χ1) is 16.9. The molecule has 6 nitrogen and oxygen atoms in total. The van der Waals surface area contributed by atoms with Gasteiger partial charge < -0.3 is 10.2 Å². The van der Waals surface area contributed by atoms with Crippen LogP contribution in [0.15, 0.2) is 79.3 Å². The number of nitrogens with one attached hydrogen (secondary N) is 1. The molecule has 0 fully saturated rings. The fourth-order valence-corrected chi connectivity index (χ4v) is 4.60. The zero-order chi connectivity index (χ0) is 25.2. The molecule has 3 rings (SSSR count). The van der Waals surface area contributed by atoms with Crippen LogP contribution in [0.1, 0.15) is 62.8 Å². The summed E-state index contributed by atoms with van der Waals surface area (Å²) >= 11 is 0. The Morgan fingerprint density at radius 1 is 0.857 bits per heavy atom. The molecular weight excluding hydrogens is 436 g/mol. The highest BCUT2D eigenvalue weighted by molar-refractivity contribution is 5.85. The van der Waals surface area contributed by atoms with E-state index in [0.29, 0.717) is 19.4 Å². The van der Waals surface area contributed by atoms with Gasteiger partial charge in [0.25, 0.3) is 0 Å². The van der Waals surface area contributed by atoms with E-state index < -0.39 is 5.92 Å². The first kappa shape index (κ1) is 26.1. The number of hydrogen-bond donors (Lipinski definition) is 1. The number of aromatic nitrogens is 2. The monoisotopic (exact) mass is 472 g/mol. The van der Waals surface area contributed by atoms with E-state index in [1.54, 1.807) is 18.6 Å². The Labute approximate surface area is 208 Å². The molecule has 3 aromatic rings. The first-order valence-electron chi connectivity index (χ1n) is 12.3. The van der Waals surface area contributed by atoms with Crippen LogP contribution in [-0.2, 0) is 16.0 Å². The number of amides is 2. The smallest absolute Gasteiger partial charge is 0.231 e. The molecule has 2 aromatic heterocycles. The van der Waals surface area contributed by atoms with Crippen LogP contribution in [0, 0.1) is 0 Å². The van der Waals surface area contributed by atoms with Crippen LogP contribution in [0.4, 0.5) is 0 Å². The third-order valence-corrected chi connectivity index (χ3v) is 6.16. The van der Waals surface area contributed by atoms with E-state index in [0.717, 1.165) is 16.8 Å². The first-order valence-corrected chi connectivity index (χ1v) is 12.3. The average molecular weight is 473 g/mol. The third-order valence-electron chi connectivity index (χ3n) is 6.16. The van der Waals surface area contributed by atoms with Crippen LogP contribution in [-0.4, -0.2) is 45.3 Å². The molecule has 2 heterocycles. The minimum atomic E-state index is -0.480. The molecule has 0 aliphatic rings. The Morgan fingerprint density at radius 2 is 1.54 bits per heavy atom. The normalized spacial score (nSPS) is 12.9. The number of rotatable bonds is 11. The predicted octanol–water partition coefficient (Wildman–Crippen LogP) is 4.74. The third kappa shape index (κ3) is 7.22. The predicted molar refractivity (Wildman–Crippen MR) is 139 cm³/mol. The van der Waals surface area contributed by atoms with Gasteiger partial charge in [-0.1, -0.05) is 42.5 Å². The van der Waals surface area contributed by atoms with Crippen molar-refractivity contribution in [1.82, 2.24) is 20.2 Å². The second-order valence-electron chi connectivity index (χ2n) is 9.34. The Morgan fingerprint density at radius 3 is 2.14 bits per heavy atom. The van der Waals surface area contributed by atoms with Crippen LogP contribution in [0.3, 0.4) is 0 Å². The number of carbonyl (C=O) groups excluding carboxylic acids is 2. The van der Waals surface area contributed by atoms with Crippen molar-refractivity contribution in [2.45, 2.75) is 64.5 Å². The summed E-state index contributed by atoms with van der Waals surface area (Å²) in [7, 11) is 0. The van der Waals surface area contributed by atoms with E-state index in [9.17, 15) is 9.59 Å². The van der Waals surface area contributed by atoms with Gasteiger partial charge >= 0.3 is 0 Å². The van der Waals surface area contributed by atoms with Gasteiger partial charge in [-0.25, -0.2) is 0 Å². The summed E-state index contributed by atoms with van der Waals surface area (Å²) in [5.74, 6) is -0.739. The summed E-state index contributed by atoms with van der Waals surface area (Å²) in [5.41, 5.74) is 2.74. The average Bonchev–Trinajstić information content (AvgIpc) is 2.86. The van der Waals surface area contributed by atoms with Crippen molar-refractivity contribution >= 4 is 11.8 Å². The summed E-state index contributed by atoms with van der Waals surface area (Å²) in [4.78, 5) is 37.4. The Kier molecular flexibility index (Phi) is 9.53. The van der Waals surface area contributed by atoms with Crippen LogP contribution in [0.25, 0.3) is 0 Å². The summed E-state index contributed by atoms with van der Waals surface area (Å²) in [5, 5.41) is 3.10. The zero-order valence-electron chi connectivity index (χ0n) is 21.1. The molecule has 1 aromatic carbocycles. The van der Waals surface area contributed by atoms with Crippen LogP contribution < -0.4 is 5.32 Å². The number of pyridine rings is 2. The van der Waals surface area contributed by atoms with Gasteiger partial charge in [-0.05, 0) is 63.4 Å². The van der Waals surface area contributed by atoms with E-state index in [4.69, 9.17) is 0 Å². The van der Waals surface area contributed by atoms with Crippen LogP contribution in [0.5, 0.6) is 0 Å². The maximum absolute atomic E-state index is 14.1. The maximum Gasteiger partial charge on any atom is 0.231 e. The summed E-state index contributed by atoms with van der Waals surface area (Å²) in [6, 6.07) is 19.6. The molecule has 0 saturated carbocycles. The molecular formula is C29H36N4O2. The molecule has 1 unspecified atom stereocenters. The minimum absolute atomic E-state index is 0.0413. The summed E-state index contributed by atoms with van der Waals surface area (Å²) < 4.78 is 0. The fraction of sp³-hybridized carbons (Fsp3) is 0.379. The van der Waals surface area contributed by atoms with Gasteiger partial charge in [-0.2, -0.15) is 0 Å². The van der Waals surface area contributed by atoms with Crippen molar-refractivity contribution in [1.29, 1.82) is 0 Å². The molecule has 184 valence electrons. The lowest BCUT2D eigenvalue weighted by atomic mass is 9.80. The van der Waals surface area contributed by atoms with E-state index in [2.05, 4.69) is 15.3 Å². The van der Waals surface area contributed by atoms with Gasteiger partial charge in [0, 0.05) is 55.3 Å². The van der Waals surface area contributed by atoms with Gasteiger partial charge in [0.1, 0.15) is 0 Å². The Balaban J connectivity index is 1.89.